The highest BCUT2D eigenvalue weighted by atomic mass is 16.2. The van der Waals surface area contributed by atoms with Gasteiger partial charge in [0, 0.05) is 37.0 Å². The van der Waals surface area contributed by atoms with Crippen LogP contribution in [-0.2, 0) is 16.8 Å². The molecule has 0 unspecified atom stereocenters. The Morgan fingerprint density at radius 2 is 1.83 bits per heavy atom. The van der Waals surface area contributed by atoms with Crippen molar-refractivity contribution >= 4 is 5.91 Å². The van der Waals surface area contributed by atoms with E-state index in [1.54, 1.807) is 10.7 Å². The zero-order valence-corrected chi connectivity index (χ0v) is 15.1. The molecule has 2 aliphatic rings. The van der Waals surface area contributed by atoms with Gasteiger partial charge in [0.25, 0.3) is 5.56 Å². The van der Waals surface area contributed by atoms with Crippen LogP contribution < -0.4 is 5.56 Å². The fraction of sp³-hybridized carbons (Fsp3) is 0.737. The normalized spacial score (nSPS) is 20.0. The first-order chi connectivity index (χ1) is 11.3. The molecule has 0 radical (unpaired) electrons. The first kappa shape index (κ1) is 17.2. The Bertz CT molecular complexity index is 647. The Hall–Kier alpha value is -1.65. The number of nitrogens with zero attached hydrogens (tertiary/aromatic N) is 3. The van der Waals surface area contributed by atoms with Gasteiger partial charge in [-0.15, -0.1) is 0 Å². The number of aromatic nitrogens is 2. The minimum atomic E-state index is -0.0615. The number of hydrogen-bond acceptors (Lipinski definition) is 3. The molecule has 1 aliphatic carbocycles. The van der Waals surface area contributed by atoms with Gasteiger partial charge >= 0.3 is 0 Å². The summed E-state index contributed by atoms with van der Waals surface area (Å²) < 4.78 is 1.62. The van der Waals surface area contributed by atoms with E-state index in [9.17, 15) is 9.59 Å². The first-order valence-electron chi connectivity index (χ1n) is 9.22. The third kappa shape index (κ3) is 3.70. The number of hydrogen-bond donors (Lipinski definition) is 0. The highest BCUT2D eigenvalue weighted by Crippen LogP contribution is 2.30. The lowest BCUT2D eigenvalue weighted by Crippen LogP contribution is -2.44. The van der Waals surface area contributed by atoms with Gasteiger partial charge in [0.1, 0.15) is 0 Å². The lowest BCUT2D eigenvalue weighted by molar-refractivity contribution is -0.139. The van der Waals surface area contributed by atoms with Crippen LogP contribution >= 0.6 is 0 Å². The lowest BCUT2D eigenvalue weighted by Gasteiger charge is -2.36. The molecule has 1 amide bonds. The van der Waals surface area contributed by atoms with Crippen LogP contribution in [-0.4, -0.2) is 33.7 Å². The van der Waals surface area contributed by atoms with Crippen LogP contribution in [0, 0.1) is 11.8 Å². The molecule has 0 bridgehead atoms. The van der Waals surface area contributed by atoms with Crippen molar-refractivity contribution < 1.29 is 4.79 Å². The minimum absolute atomic E-state index is 0.0315. The number of piperidine rings is 1. The molecule has 5 nitrogen and oxygen atoms in total. The zero-order valence-electron chi connectivity index (χ0n) is 15.1. The summed E-state index contributed by atoms with van der Waals surface area (Å²) in [7, 11) is 0. The van der Waals surface area contributed by atoms with E-state index >= 15 is 0 Å². The fourth-order valence-electron chi connectivity index (χ4n) is 3.47. The van der Waals surface area contributed by atoms with Gasteiger partial charge in [-0.2, -0.15) is 5.10 Å². The SMILES string of the molecule is CC(C)(C)c1ccc(=O)n(CC2CCN(C(=O)C3CCC3)CC2)n1. The molecule has 0 aromatic carbocycles. The number of rotatable bonds is 3. The summed E-state index contributed by atoms with van der Waals surface area (Å²) in [6.07, 6.45) is 5.26. The maximum Gasteiger partial charge on any atom is 0.266 e. The number of carbonyl (C=O) groups excluding carboxylic acids is 1. The summed E-state index contributed by atoms with van der Waals surface area (Å²) in [5.74, 6) is 1.06. The molecular weight excluding hydrogens is 302 g/mol. The van der Waals surface area contributed by atoms with Crippen LogP contribution in [0.25, 0.3) is 0 Å². The molecule has 1 saturated carbocycles. The number of likely N-dealkylation sites (tertiary alicyclic amines) is 1. The smallest absolute Gasteiger partial charge is 0.266 e. The third-order valence-electron chi connectivity index (χ3n) is 5.45. The van der Waals surface area contributed by atoms with Crippen molar-refractivity contribution in [2.24, 2.45) is 11.8 Å². The Morgan fingerprint density at radius 3 is 2.38 bits per heavy atom. The van der Waals surface area contributed by atoms with Gasteiger partial charge in [-0.3, -0.25) is 9.59 Å². The van der Waals surface area contributed by atoms with Crippen LogP contribution in [0.15, 0.2) is 16.9 Å². The van der Waals surface area contributed by atoms with E-state index in [2.05, 4.69) is 25.9 Å². The second-order valence-corrected chi connectivity index (χ2v) is 8.39. The molecule has 1 aromatic heterocycles. The molecule has 0 N–H and O–H groups in total. The number of carbonyl (C=O) groups is 1. The first-order valence-corrected chi connectivity index (χ1v) is 9.22. The predicted octanol–water partition coefficient (Wildman–Crippen LogP) is 2.58. The fourth-order valence-corrected chi connectivity index (χ4v) is 3.47. The van der Waals surface area contributed by atoms with E-state index < -0.39 is 0 Å². The Labute approximate surface area is 144 Å². The van der Waals surface area contributed by atoms with Gasteiger partial charge in [0.15, 0.2) is 0 Å². The summed E-state index contributed by atoms with van der Waals surface area (Å²) in [5, 5.41) is 4.57. The molecule has 24 heavy (non-hydrogen) atoms. The van der Waals surface area contributed by atoms with E-state index in [0.29, 0.717) is 18.4 Å². The molecule has 3 rings (SSSR count). The average Bonchev–Trinajstić information content (AvgIpc) is 2.47. The van der Waals surface area contributed by atoms with Gasteiger partial charge in [-0.25, -0.2) is 4.68 Å². The lowest BCUT2D eigenvalue weighted by atomic mass is 9.83. The molecule has 1 saturated heterocycles. The van der Waals surface area contributed by atoms with Crippen LogP contribution in [0.1, 0.15) is 58.6 Å². The summed E-state index contributed by atoms with van der Waals surface area (Å²) in [6.45, 7) is 8.63. The summed E-state index contributed by atoms with van der Waals surface area (Å²) in [5.41, 5.74) is 0.851. The van der Waals surface area contributed by atoms with Crippen LogP contribution in [0.3, 0.4) is 0 Å². The standard InChI is InChI=1S/C19H29N3O2/c1-19(2,3)16-7-8-17(23)22(20-16)13-14-9-11-21(12-10-14)18(24)15-5-4-6-15/h7-8,14-15H,4-6,9-13H2,1-3H3. The predicted molar refractivity (Wildman–Crippen MR) is 93.8 cm³/mol. The molecule has 2 fully saturated rings. The van der Waals surface area contributed by atoms with Crippen molar-refractivity contribution in [3.63, 3.8) is 0 Å². The topological polar surface area (TPSA) is 55.2 Å². The van der Waals surface area contributed by atoms with E-state index in [1.807, 2.05) is 11.0 Å². The quantitative estimate of drug-likeness (QED) is 0.855. The van der Waals surface area contributed by atoms with Gasteiger partial charge in [0.05, 0.1) is 5.69 Å². The van der Waals surface area contributed by atoms with E-state index in [0.717, 1.165) is 44.5 Å². The third-order valence-corrected chi connectivity index (χ3v) is 5.45. The molecule has 2 heterocycles. The van der Waals surface area contributed by atoms with E-state index in [1.165, 1.54) is 6.42 Å². The monoisotopic (exact) mass is 331 g/mol. The van der Waals surface area contributed by atoms with Crippen molar-refractivity contribution in [2.45, 2.75) is 64.8 Å². The van der Waals surface area contributed by atoms with Gasteiger partial charge in [-0.1, -0.05) is 27.2 Å². The summed E-state index contributed by atoms with van der Waals surface area (Å²) in [6, 6.07) is 3.46. The van der Waals surface area contributed by atoms with Gasteiger partial charge in [0.2, 0.25) is 5.91 Å². The highest BCUT2D eigenvalue weighted by Gasteiger charge is 2.31. The second-order valence-electron chi connectivity index (χ2n) is 8.39. The largest absolute Gasteiger partial charge is 0.342 e. The Kier molecular flexibility index (Phi) is 4.79. The zero-order chi connectivity index (χ0) is 17.3. The summed E-state index contributed by atoms with van der Waals surface area (Å²) in [4.78, 5) is 26.5. The van der Waals surface area contributed by atoms with Crippen molar-refractivity contribution in [1.82, 2.24) is 14.7 Å². The molecule has 5 heteroatoms. The maximum atomic E-state index is 12.3. The van der Waals surface area contributed by atoms with Crippen molar-refractivity contribution in [3.8, 4) is 0 Å². The summed E-state index contributed by atoms with van der Waals surface area (Å²) >= 11 is 0. The molecule has 1 aliphatic heterocycles. The molecular formula is C19H29N3O2. The molecule has 132 valence electrons. The van der Waals surface area contributed by atoms with Gasteiger partial charge < -0.3 is 4.90 Å². The highest BCUT2D eigenvalue weighted by molar-refractivity contribution is 5.79. The Morgan fingerprint density at radius 1 is 1.17 bits per heavy atom. The molecule has 0 atom stereocenters. The second kappa shape index (κ2) is 6.69. The van der Waals surface area contributed by atoms with Crippen molar-refractivity contribution in [2.75, 3.05) is 13.1 Å². The number of amides is 1. The van der Waals surface area contributed by atoms with Crippen molar-refractivity contribution in [1.29, 1.82) is 0 Å². The van der Waals surface area contributed by atoms with Crippen LogP contribution in [0.2, 0.25) is 0 Å². The van der Waals surface area contributed by atoms with Crippen LogP contribution in [0.5, 0.6) is 0 Å². The van der Waals surface area contributed by atoms with Crippen molar-refractivity contribution in [3.05, 3.63) is 28.2 Å². The van der Waals surface area contributed by atoms with Crippen LogP contribution in [0.4, 0.5) is 0 Å². The maximum absolute atomic E-state index is 12.3. The van der Waals surface area contributed by atoms with Gasteiger partial charge in [-0.05, 0) is 37.7 Å². The van der Waals surface area contributed by atoms with E-state index in [4.69, 9.17) is 0 Å². The van der Waals surface area contributed by atoms with E-state index in [-0.39, 0.29) is 16.9 Å². The average molecular weight is 331 g/mol. The molecule has 1 aromatic rings. The Balaban J connectivity index is 1.60. The molecule has 0 spiro atoms. The minimum Gasteiger partial charge on any atom is -0.342 e.